The van der Waals surface area contributed by atoms with E-state index >= 15 is 0 Å². The number of carbonyl (C=O) groups is 1. The Labute approximate surface area is 109 Å². The molecule has 1 aromatic carbocycles. The van der Waals surface area contributed by atoms with Gasteiger partial charge in [0.05, 0.1) is 5.56 Å². The molecule has 0 bridgehead atoms. The van der Waals surface area contributed by atoms with Crippen molar-refractivity contribution in [3.05, 3.63) is 29.3 Å². The summed E-state index contributed by atoms with van der Waals surface area (Å²) < 4.78 is 38.5. The second-order valence-corrected chi connectivity index (χ2v) is 4.57. The van der Waals surface area contributed by atoms with Crippen LogP contribution in [0.4, 0.5) is 18.9 Å². The zero-order chi connectivity index (χ0) is 14.2. The number of anilines is 1. The van der Waals surface area contributed by atoms with Crippen LogP contribution in [-0.2, 0) is 11.0 Å². The molecule has 0 aliphatic carbocycles. The van der Waals surface area contributed by atoms with Crippen LogP contribution in [0.1, 0.15) is 17.5 Å². The largest absolute Gasteiger partial charge is 0.416 e. The highest BCUT2D eigenvalue weighted by Crippen LogP contribution is 2.35. The Bertz CT molecular complexity index is 557. The van der Waals surface area contributed by atoms with E-state index in [0.717, 1.165) is 6.07 Å². The third-order valence-corrected chi connectivity index (χ3v) is 3.20. The fourth-order valence-corrected chi connectivity index (χ4v) is 2.15. The molecule has 1 aromatic rings. The number of amides is 1. The highest BCUT2D eigenvalue weighted by atomic mass is 19.4. The average Bonchev–Trinajstić information content (AvgIpc) is 2.70. The first-order valence-corrected chi connectivity index (χ1v) is 5.77. The van der Waals surface area contributed by atoms with Crippen LogP contribution in [0.15, 0.2) is 18.2 Å². The molecule has 1 aliphatic heterocycles. The summed E-state index contributed by atoms with van der Waals surface area (Å²) in [5.41, 5.74) is -0.334. The number of hydrogen-bond acceptors (Lipinski definition) is 1. The summed E-state index contributed by atoms with van der Waals surface area (Å²) in [6.45, 7) is 1.67. The molecule has 0 N–H and O–H groups in total. The third kappa shape index (κ3) is 2.58. The number of hydrogen-bond donors (Lipinski definition) is 0. The quantitative estimate of drug-likeness (QED) is 0.716. The van der Waals surface area contributed by atoms with Gasteiger partial charge in [0.25, 0.3) is 0 Å². The minimum Gasteiger partial charge on any atom is -0.311 e. The molecule has 1 saturated heterocycles. The normalized spacial score (nSPS) is 19.6. The van der Waals surface area contributed by atoms with Gasteiger partial charge in [0.15, 0.2) is 0 Å². The van der Waals surface area contributed by atoms with Gasteiger partial charge in [-0.15, -0.1) is 12.3 Å². The van der Waals surface area contributed by atoms with E-state index in [0.29, 0.717) is 0 Å². The van der Waals surface area contributed by atoms with Gasteiger partial charge in [0.2, 0.25) is 5.91 Å². The highest BCUT2D eigenvalue weighted by molar-refractivity contribution is 5.96. The summed E-state index contributed by atoms with van der Waals surface area (Å²) in [4.78, 5) is 13.1. The Kier molecular flexibility index (Phi) is 3.27. The van der Waals surface area contributed by atoms with Crippen LogP contribution in [0.5, 0.6) is 0 Å². The lowest BCUT2D eigenvalue weighted by atomic mass is 10.1. The SMILES string of the molecule is C#CC1CC(=O)N(c2ccc(C)c(C(F)(F)F)c2)C1. The van der Waals surface area contributed by atoms with Crippen molar-refractivity contribution in [2.45, 2.75) is 19.5 Å². The van der Waals surface area contributed by atoms with Crippen molar-refractivity contribution in [1.29, 1.82) is 0 Å². The van der Waals surface area contributed by atoms with Crippen molar-refractivity contribution >= 4 is 11.6 Å². The molecular weight excluding hydrogens is 255 g/mol. The lowest BCUT2D eigenvalue weighted by molar-refractivity contribution is -0.138. The molecule has 1 fully saturated rings. The maximum atomic E-state index is 12.8. The summed E-state index contributed by atoms with van der Waals surface area (Å²) in [7, 11) is 0. The van der Waals surface area contributed by atoms with E-state index in [4.69, 9.17) is 6.42 Å². The molecule has 0 saturated carbocycles. The topological polar surface area (TPSA) is 20.3 Å². The molecule has 100 valence electrons. The van der Waals surface area contributed by atoms with Gasteiger partial charge in [-0.3, -0.25) is 4.79 Å². The lowest BCUT2D eigenvalue weighted by Gasteiger charge is -2.19. The van der Waals surface area contributed by atoms with Crippen LogP contribution in [0.2, 0.25) is 0 Å². The number of alkyl halides is 3. The van der Waals surface area contributed by atoms with Gasteiger partial charge >= 0.3 is 6.18 Å². The van der Waals surface area contributed by atoms with Crippen molar-refractivity contribution in [3.8, 4) is 12.3 Å². The second-order valence-electron chi connectivity index (χ2n) is 4.57. The van der Waals surface area contributed by atoms with Crippen molar-refractivity contribution < 1.29 is 18.0 Å². The van der Waals surface area contributed by atoms with Crippen LogP contribution < -0.4 is 4.90 Å². The Morgan fingerprint density at radius 3 is 2.63 bits per heavy atom. The number of rotatable bonds is 1. The van der Waals surface area contributed by atoms with Gasteiger partial charge in [0, 0.05) is 24.6 Å². The number of benzene rings is 1. The molecule has 19 heavy (non-hydrogen) atoms. The minimum atomic E-state index is -4.42. The first-order chi connectivity index (χ1) is 8.82. The molecule has 0 aromatic heterocycles. The molecule has 1 aliphatic rings. The number of terminal acetylenes is 1. The standard InChI is InChI=1S/C14H12F3NO/c1-3-10-6-13(19)18(8-10)11-5-4-9(2)12(7-11)14(15,16)17/h1,4-5,7,10H,6,8H2,2H3. The monoisotopic (exact) mass is 267 g/mol. The van der Waals surface area contributed by atoms with Gasteiger partial charge in [-0.2, -0.15) is 13.2 Å². The van der Waals surface area contributed by atoms with Gasteiger partial charge in [-0.05, 0) is 24.6 Å². The van der Waals surface area contributed by atoms with Gasteiger partial charge in [-0.25, -0.2) is 0 Å². The number of carbonyl (C=O) groups excluding carboxylic acids is 1. The number of nitrogens with zero attached hydrogens (tertiary/aromatic N) is 1. The fraction of sp³-hybridized carbons (Fsp3) is 0.357. The van der Waals surface area contributed by atoms with E-state index < -0.39 is 11.7 Å². The number of halogens is 3. The number of aryl methyl sites for hydroxylation is 1. The van der Waals surface area contributed by atoms with Crippen molar-refractivity contribution in [3.63, 3.8) is 0 Å². The van der Waals surface area contributed by atoms with Gasteiger partial charge in [-0.1, -0.05) is 6.07 Å². The Hall–Kier alpha value is -1.96. The molecule has 1 amide bonds. The summed E-state index contributed by atoms with van der Waals surface area (Å²) in [5.74, 6) is 2.00. The maximum absolute atomic E-state index is 12.8. The van der Waals surface area contributed by atoms with Crippen molar-refractivity contribution in [2.24, 2.45) is 5.92 Å². The molecule has 0 radical (unpaired) electrons. The predicted octanol–water partition coefficient (Wildman–Crippen LogP) is 3.00. The zero-order valence-electron chi connectivity index (χ0n) is 10.3. The average molecular weight is 267 g/mol. The molecule has 1 unspecified atom stereocenters. The first kappa shape index (κ1) is 13.5. The predicted molar refractivity (Wildman–Crippen MR) is 65.5 cm³/mol. The van der Waals surface area contributed by atoms with E-state index in [1.165, 1.54) is 24.0 Å². The molecular formula is C14H12F3NO. The summed E-state index contributed by atoms with van der Waals surface area (Å²) in [5, 5.41) is 0. The Balaban J connectivity index is 2.38. The first-order valence-electron chi connectivity index (χ1n) is 5.77. The summed E-state index contributed by atoms with van der Waals surface area (Å²) >= 11 is 0. The lowest BCUT2D eigenvalue weighted by Crippen LogP contribution is -2.25. The van der Waals surface area contributed by atoms with Crippen LogP contribution in [0, 0.1) is 25.2 Å². The van der Waals surface area contributed by atoms with Crippen LogP contribution in [0.25, 0.3) is 0 Å². The van der Waals surface area contributed by atoms with Crippen LogP contribution in [0.3, 0.4) is 0 Å². The Morgan fingerprint density at radius 1 is 1.42 bits per heavy atom. The second kappa shape index (κ2) is 4.61. The molecule has 1 heterocycles. The third-order valence-electron chi connectivity index (χ3n) is 3.20. The molecule has 2 nitrogen and oxygen atoms in total. The summed E-state index contributed by atoms with van der Waals surface area (Å²) in [6.07, 6.45) is 1.01. The van der Waals surface area contributed by atoms with Crippen LogP contribution >= 0.6 is 0 Å². The van der Waals surface area contributed by atoms with Crippen LogP contribution in [-0.4, -0.2) is 12.5 Å². The minimum absolute atomic E-state index is 0.136. The van der Waals surface area contributed by atoms with Gasteiger partial charge < -0.3 is 4.90 Å². The molecule has 1 atom stereocenters. The smallest absolute Gasteiger partial charge is 0.311 e. The van der Waals surface area contributed by atoms with E-state index in [9.17, 15) is 18.0 Å². The van der Waals surface area contributed by atoms with E-state index in [1.807, 2.05) is 0 Å². The maximum Gasteiger partial charge on any atom is 0.416 e. The molecule has 0 spiro atoms. The van der Waals surface area contributed by atoms with E-state index in [2.05, 4.69) is 5.92 Å². The summed E-state index contributed by atoms with van der Waals surface area (Å²) in [6, 6.07) is 3.89. The highest BCUT2D eigenvalue weighted by Gasteiger charge is 2.35. The molecule has 5 heteroatoms. The Morgan fingerprint density at radius 2 is 2.11 bits per heavy atom. The fourth-order valence-electron chi connectivity index (χ4n) is 2.15. The van der Waals surface area contributed by atoms with E-state index in [1.54, 1.807) is 0 Å². The van der Waals surface area contributed by atoms with Crippen molar-refractivity contribution in [1.82, 2.24) is 0 Å². The van der Waals surface area contributed by atoms with Crippen molar-refractivity contribution in [2.75, 3.05) is 11.4 Å². The molecule has 2 rings (SSSR count). The zero-order valence-corrected chi connectivity index (χ0v) is 10.3. The van der Waals surface area contributed by atoms with E-state index in [-0.39, 0.29) is 36.0 Å². The van der Waals surface area contributed by atoms with Gasteiger partial charge in [0.1, 0.15) is 0 Å².